The summed E-state index contributed by atoms with van der Waals surface area (Å²) in [5.41, 5.74) is -0.0318. The van der Waals surface area contributed by atoms with Gasteiger partial charge in [0.15, 0.2) is 0 Å². The molecule has 4 rings (SSSR count). The van der Waals surface area contributed by atoms with E-state index in [1.165, 1.54) is 6.92 Å². The summed E-state index contributed by atoms with van der Waals surface area (Å²) in [6, 6.07) is 0. The third-order valence-electron chi connectivity index (χ3n) is 9.68. The van der Waals surface area contributed by atoms with Gasteiger partial charge >= 0.3 is 16.4 Å². The second-order valence-corrected chi connectivity index (χ2v) is 12.1. The van der Waals surface area contributed by atoms with Crippen LogP contribution in [0.4, 0.5) is 0 Å². The summed E-state index contributed by atoms with van der Waals surface area (Å²) >= 11 is 0. The first kappa shape index (κ1) is 23.2. The largest absolute Gasteiger partial charge is 0.462 e. The van der Waals surface area contributed by atoms with Crippen LogP contribution in [0.15, 0.2) is 0 Å². The summed E-state index contributed by atoms with van der Waals surface area (Å²) in [6.45, 7) is 7.73. The molecule has 0 aromatic carbocycles. The Hall–Kier alpha value is -0.990. The van der Waals surface area contributed by atoms with E-state index in [4.69, 9.17) is 13.5 Å². The fourth-order valence-corrected chi connectivity index (χ4v) is 8.94. The number of esters is 1. The Labute approximate surface area is 185 Å². The lowest BCUT2D eigenvalue weighted by Crippen LogP contribution is -2.59. The molecule has 0 aromatic heterocycles. The Kier molecular flexibility index (Phi) is 5.83. The summed E-state index contributed by atoms with van der Waals surface area (Å²) in [5, 5.41) is 0. The van der Waals surface area contributed by atoms with E-state index < -0.39 is 16.5 Å². The molecule has 4 aliphatic rings. The van der Waals surface area contributed by atoms with Gasteiger partial charge in [0.2, 0.25) is 0 Å². The molecule has 4 aliphatic carbocycles. The fourth-order valence-electron chi connectivity index (χ4n) is 8.42. The molecular weight excluding hydrogens is 420 g/mol. The van der Waals surface area contributed by atoms with Gasteiger partial charge in [0.05, 0.1) is 6.10 Å². The predicted octanol–water partition coefficient (Wildman–Crippen LogP) is 3.96. The molecule has 0 saturated heterocycles. The van der Waals surface area contributed by atoms with Crippen molar-refractivity contribution < 1.29 is 31.5 Å². The Morgan fingerprint density at radius 2 is 1.58 bits per heavy atom. The van der Waals surface area contributed by atoms with E-state index in [1.54, 1.807) is 6.92 Å². The van der Waals surface area contributed by atoms with Crippen molar-refractivity contribution >= 4 is 22.2 Å². The highest BCUT2D eigenvalue weighted by atomic mass is 32.3. The maximum Gasteiger partial charge on any atom is 0.397 e. The molecule has 1 N–H and O–H groups in total. The highest BCUT2D eigenvalue weighted by molar-refractivity contribution is 7.80. The number of ketones is 1. The average Bonchev–Trinajstić information content (AvgIpc) is 2.98. The van der Waals surface area contributed by atoms with Gasteiger partial charge in [-0.3, -0.25) is 14.1 Å². The molecule has 4 fully saturated rings. The minimum atomic E-state index is -4.49. The quantitative estimate of drug-likeness (QED) is 0.504. The van der Waals surface area contributed by atoms with Crippen LogP contribution < -0.4 is 0 Å². The van der Waals surface area contributed by atoms with Crippen molar-refractivity contribution in [2.45, 2.75) is 91.3 Å². The minimum absolute atomic E-state index is 0.00995. The third-order valence-corrected chi connectivity index (χ3v) is 10.2. The van der Waals surface area contributed by atoms with Gasteiger partial charge < -0.3 is 4.74 Å². The van der Waals surface area contributed by atoms with Crippen LogP contribution in [0.5, 0.6) is 0 Å². The van der Waals surface area contributed by atoms with Gasteiger partial charge in [0.1, 0.15) is 11.9 Å². The standard InChI is InChI=1S/C23H36O7S/c1-13(24)17-5-6-18-21-19(8-10-23(17,18)4)22(3)9-7-16(30-31(26,27)28)11-15(22)12-20(21)29-14(2)25/h15-21H,5-12H2,1-4H3,(H,26,27,28)/t15-,16-,17-,18+,19+,20-,21+,22+,23-/m1/s1. The highest BCUT2D eigenvalue weighted by Gasteiger charge is 2.64. The molecule has 4 saturated carbocycles. The minimum Gasteiger partial charge on any atom is -0.462 e. The number of rotatable bonds is 4. The Bertz CT molecular complexity index is 854. The molecule has 0 aliphatic heterocycles. The molecule has 0 unspecified atom stereocenters. The second kappa shape index (κ2) is 7.80. The van der Waals surface area contributed by atoms with Crippen molar-refractivity contribution in [3.8, 4) is 0 Å². The SMILES string of the molecule is CC(=O)O[C@@H]1C[C@H]2C[C@H](OS(=O)(=O)O)CC[C@]2(C)[C@H]2CC[C@]3(C)[C@@H](C(C)=O)CC[C@H]3[C@H]12. The topological polar surface area (TPSA) is 107 Å². The van der Waals surface area contributed by atoms with E-state index in [-0.39, 0.29) is 46.4 Å². The number of fused-ring (bicyclic) bond motifs is 5. The van der Waals surface area contributed by atoms with E-state index in [0.717, 1.165) is 32.1 Å². The molecular formula is C23H36O7S. The van der Waals surface area contributed by atoms with Gasteiger partial charge in [-0.15, -0.1) is 0 Å². The molecule has 8 heteroatoms. The maximum atomic E-state index is 12.4. The Morgan fingerprint density at radius 1 is 0.935 bits per heavy atom. The lowest BCUT2D eigenvalue weighted by atomic mass is 9.44. The number of ether oxygens (including phenoxy) is 1. The lowest BCUT2D eigenvalue weighted by Gasteiger charge is -2.62. The van der Waals surface area contributed by atoms with Crippen molar-refractivity contribution in [3.63, 3.8) is 0 Å². The average molecular weight is 457 g/mol. The van der Waals surface area contributed by atoms with E-state index in [0.29, 0.717) is 31.1 Å². The molecule has 0 radical (unpaired) electrons. The summed E-state index contributed by atoms with van der Waals surface area (Å²) in [7, 11) is -4.49. The van der Waals surface area contributed by atoms with Crippen molar-refractivity contribution in [2.75, 3.05) is 0 Å². The maximum absolute atomic E-state index is 12.4. The number of hydrogen-bond donors (Lipinski definition) is 1. The monoisotopic (exact) mass is 456 g/mol. The summed E-state index contributed by atoms with van der Waals surface area (Å²) in [4.78, 5) is 24.4. The van der Waals surface area contributed by atoms with E-state index >= 15 is 0 Å². The van der Waals surface area contributed by atoms with Gasteiger partial charge in [0.25, 0.3) is 0 Å². The van der Waals surface area contributed by atoms with Crippen molar-refractivity contribution in [3.05, 3.63) is 0 Å². The highest BCUT2D eigenvalue weighted by Crippen LogP contribution is 2.68. The van der Waals surface area contributed by atoms with Gasteiger partial charge in [-0.2, -0.15) is 8.42 Å². The van der Waals surface area contributed by atoms with Crippen LogP contribution in [0.1, 0.15) is 79.1 Å². The normalized spacial score (nSPS) is 47.1. The smallest absolute Gasteiger partial charge is 0.397 e. The van der Waals surface area contributed by atoms with E-state index in [2.05, 4.69) is 13.8 Å². The number of carbonyl (C=O) groups is 2. The van der Waals surface area contributed by atoms with Gasteiger partial charge in [-0.25, -0.2) is 4.18 Å². The van der Waals surface area contributed by atoms with Crippen LogP contribution in [0.25, 0.3) is 0 Å². The number of Topliss-reactive ketones (excluding diaryl/α,β-unsaturated/α-hetero) is 1. The van der Waals surface area contributed by atoms with Crippen molar-refractivity contribution in [2.24, 2.45) is 40.4 Å². The molecule has 9 atom stereocenters. The number of carbonyl (C=O) groups excluding carboxylic acids is 2. The molecule has 7 nitrogen and oxygen atoms in total. The predicted molar refractivity (Wildman–Crippen MR) is 113 cm³/mol. The summed E-state index contributed by atoms with van der Waals surface area (Å²) in [5.74, 6) is 1.18. The fraction of sp³-hybridized carbons (Fsp3) is 0.913. The van der Waals surface area contributed by atoms with Crippen LogP contribution in [-0.2, 0) is 28.9 Å². The van der Waals surface area contributed by atoms with Crippen LogP contribution >= 0.6 is 0 Å². The third kappa shape index (κ3) is 3.97. The first-order valence-corrected chi connectivity index (χ1v) is 13.0. The Balaban J connectivity index is 1.65. The zero-order valence-electron chi connectivity index (χ0n) is 19.0. The summed E-state index contributed by atoms with van der Waals surface area (Å²) < 4.78 is 42.5. The van der Waals surface area contributed by atoms with Crippen LogP contribution in [0.2, 0.25) is 0 Å². The van der Waals surface area contributed by atoms with E-state index in [9.17, 15) is 18.0 Å². The van der Waals surface area contributed by atoms with Crippen molar-refractivity contribution in [1.82, 2.24) is 0 Å². The zero-order chi connectivity index (χ0) is 22.8. The van der Waals surface area contributed by atoms with Crippen LogP contribution in [-0.4, -0.2) is 36.9 Å². The van der Waals surface area contributed by atoms with Gasteiger partial charge in [0, 0.05) is 18.8 Å². The van der Waals surface area contributed by atoms with E-state index in [1.807, 2.05) is 0 Å². The molecule has 0 aromatic rings. The molecule has 176 valence electrons. The lowest BCUT2D eigenvalue weighted by molar-refractivity contribution is -0.192. The first-order chi connectivity index (χ1) is 14.3. The van der Waals surface area contributed by atoms with Crippen molar-refractivity contribution in [1.29, 1.82) is 0 Å². The first-order valence-electron chi connectivity index (χ1n) is 11.7. The second-order valence-electron chi connectivity index (χ2n) is 11.1. The molecule has 31 heavy (non-hydrogen) atoms. The van der Waals surface area contributed by atoms with Gasteiger partial charge in [-0.05, 0) is 86.9 Å². The molecule has 0 spiro atoms. The molecule has 0 bridgehead atoms. The Morgan fingerprint density at radius 3 is 2.19 bits per heavy atom. The molecule has 0 heterocycles. The van der Waals surface area contributed by atoms with Crippen LogP contribution in [0.3, 0.4) is 0 Å². The van der Waals surface area contributed by atoms with Gasteiger partial charge in [-0.1, -0.05) is 13.8 Å². The zero-order valence-corrected chi connectivity index (χ0v) is 19.8. The summed E-state index contributed by atoms with van der Waals surface area (Å²) in [6.07, 6.45) is 5.78. The number of hydrogen-bond acceptors (Lipinski definition) is 6. The van der Waals surface area contributed by atoms with Crippen LogP contribution in [0, 0.1) is 40.4 Å². The molecule has 0 amide bonds.